The maximum Gasteiger partial charge on any atom is 0.196 e. The number of Topliss-reactive ketones (excluding diaryl/α,β-unsaturated/α-hetero) is 1. The largest absolute Gasteiger partial charge is 0.321 e. The molecule has 0 unspecified atom stereocenters. The van der Waals surface area contributed by atoms with Gasteiger partial charge in [-0.15, -0.1) is 22.9 Å². The van der Waals surface area contributed by atoms with Crippen LogP contribution in [0.3, 0.4) is 0 Å². The van der Waals surface area contributed by atoms with E-state index >= 15 is 0 Å². The minimum Gasteiger partial charge on any atom is -0.321 e. The quantitative estimate of drug-likeness (QED) is 0.619. The van der Waals surface area contributed by atoms with Crippen molar-refractivity contribution in [3.8, 4) is 0 Å². The molecule has 19 heavy (non-hydrogen) atoms. The molecule has 1 aromatic heterocycles. The summed E-state index contributed by atoms with van der Waals surface area (Å²) in [4.78, 5) is 17.7. The number of nitrogens with zero attached hydrogens (tertiary/aromatic N) is 2. The number of halogens is 1. The van der Waals surface area contributed by atoms with E-state index in [1.54, 1.807) is 5.38 Å². The molecule has 2 aromatic rings. The fourth-order valence-corrected chi connectivity index (χ4v) is 2.63. The summed E-state index contributed by atoms with van der Waals surface area (Å²) in [6, 6.07) is 8.32. The maximum absolute atomic E-state index is 11.5. The Kier molecular flexibility index (Phi) is 4.56. The van der Waals surface area contributed by atoms with Gasteiger partial charge in [0.05, 0.1) is 5.88 Å². The standard InChI is InChI=1S/C14H15ClN2OS/c1-3-10-4-6-11(7-5-10)17(2)14-16-12(9-19-14)13(18)8-15/h4-7,9H,3,8H2,1-2H3. The van der Waals surface area contributed by atoms with Crippen molar-refractivity contribution in [2.45, 2.75) is 13.3 Å². The van der Waals surface area contributed by atoms with Crippen LogP contribution in [0.25, 0.3) is 0 Å². The lowest BCUT2D eigenvalue weighted by atomic mass is 10.1. The van der Waals surface area contributed by atoms with Crippen LogP contribution in [0.15, 0.2) is 29.6 Å². The van der Waals surface area contributed by atoms with Crippen molar-refractivity contribution < 1.29 is 4.79 Å². The van der Waals surface area contributed by atoms with Crippen molar-refractivity contribution in [3.63, 3.8) is 0 Å². The van der Waals surface area contributed by atoms with Crippen LogP contribution in [0.4, 0.5) is 10.8 Å². The Hall–Kier alpha value is -1.39. The molecule has 0 amide bonds. The van der Waals surface area contributed by atoms with Gasteiger partial charge in [-0.25, -0.2) is 4.98 Å². The number of ketones is 1. The highest BCUT2D eigenvalue weighted by atomic mass is 35.5. The number of rotatable bonds is 5. The molecule has 0 aliphatic carbocycles. The van der Waals surface area contributed by atoms with E-state index in [2.05, 4.69) is 36.2 Å². The van der Waals surface area contributed by atoms with Crippen molar-refractivity contribution in [1.29, 1.82) is 0 Å². The first-order chi connectivity index (χ1) is 9.15. The van der Waals surface area contributed by atoms with Gasteiger partial charge in [0.15, 0.2) is 10.9 Å². The van der Waals surface area contributed by atoms with Gasteiger partial charge < -0.3 is 4.90 Å². The highest BCUT2D eigenvalue weighted by Gasteiger charge is 2.13. The van der Waals surface area contributed by atoms with Gasteiger partial charge in [0.1, 0.15) is 5.69 Å². The van der Waals surface area contributed by atoms with Crippen LogP contribution in [-0.4, -0.2) is 23.7 Å². The molecular formula is C14H15ClN2OS. The molecule has 2 rings (SSSR count). The lowest BCUT2D eigenvalue weighted by Gasteiger charge is -2.16. The fourth-order valence-electron chi connectivity index (χ4n) is 1.68. The Balaban J connectivity index is 2.20. The Morgan fingerprint density at radius 1 is 1.37 bits per heavy atom. The van der Waals surface area contributed by atoms with E-state index in [1.807, 2.05) is 11.9 Å². The Bertz CT molecular complexity index is 565. The third kappa shape index (κ3) is 3.14. The van der Waals surface area contributed by atoms with Crippen LogP contribution in [0.1, 0.15) is 23.0 Å². The van der Waals surface area contributed by atoms with Crippen molar-refractivity contribution in [2.75, 3.05) is 17.8 Å². The van der Waals surface area contributed by atoms with E-state index in [0.29, 0.717) is 5.69 Å². The Labute approximate surface area is 121 Å². The SMILES string of the molecule is CCc1ccc(N(C)c2nc(C(=O)CCl)cs2)cc1. The van der Waals surface area contributed by atoms with Gasteiger partial charge in [-0.1, -0.05) is 19.1 Å². The van der Waals surface area contributed by atoms with Gasteiger partial charge in [0.25, 0.3) is 0 Å². The molecule has 100 valence electrons. The van der Waals surface area contributed by atoms with Crippen LogP contribution >= 0.6 is 22.9 Å². The number of carbonyl (C=O) groups excluding carboxylic acids is 1. The summed E-state index contributed by atoms with van der Waals surface area (Å²) in [5, 5.41) is 2.54. The first-order valence-electron chi connectivity index (χ1n) is 6.03. The molecule has 0 aliphatic rings. The second-order valence-corrected chi connectivity index (χ2v) is 5.25. The second-order valence-electron chi connectivity index (χ2n) is 4.15. The van der Waals surface area contributed by atoms with Gasteiger partial charge in [-0.2, -0.15) is 0 Å². The minimum atomic E-state index is -0.140. The number of aryl methyl sites for hydroxylation is 1. The molecule has 0 radical (unpaired) electrons. The lowest BCUT2D eigenvalue weighted by molar-refractivity contribution is 0.101. The van der Waals surface area contributed by atoms with Crippen molar-refractivity contribution in [3.05, 3.63) is 40.9 Å². The van der Waals surface area contributed by atoms with Crippen molar-refractivity contribution in [1.82, 2.24) is 4.98 Å². The molecule has 0 spiro atoms. The van der Waals surface area contributed by atoms with E-state index in [1.165, 1.54) is 16.9 Å². The van der Waals surface area contributed by atoms with Gasteiger partial charge in [-0.3, -0.25) is 4.79 Å². The Morgan fingerprint density at radius 2 is 2.05 bits per heavy atom. The molecule has 0 saturated heterocycles. The van der Waals surface area contributed by atoms with Gasteiger partial charge in [-0.05, 0) is 24.1 Å². The summed E-state index contributed by atoms with van der Waals surface area (Å²) in [7, 11) is 1.94. The highest BCUT2D eigenvalue weighted by molar-refractivity contribution is 7.14. The third-order valence-electron chi connectivity index (χ3n) is 2.92. The zero-order valence-corrected chi connectivity index (χ0v) is 12.5. The lowest BCUT2D eigenvalue weighted by Crippen LogP contribution is -2.10. The highest BCUT2D eigenvalue weighted by Crippen LogP contribution is 2.27. The van der Waals surface area contributed by atoms with Crippen LogP contribution in [-0.2, 0) is 6.42 Å². The molecule has 0 fully saturated rings. The number of alkyl halides is 1. The van der Waals surface area contributed by atoms with Crippen LogP contribution in [0.5, 0.6) is 0 Å². The predicted molar refractivity (Wildman–Crippen MR) is 81.0 cm³/mol. The molecule has 0 N–H and O–H groups in total. The molecule has 0 bridgehead atoms. The molecule has 0 atom stereocenters. The molecule has 1 aromatic carbocycles. The molecule has 0 aliphatic heterocycles. The van der Waals surface area contributed by atoms with E-state index in [-0.39, 0.29) is 11.7 Å². The number of hydrogen-bond donors (Lipinski definition) is 0. The van der Waals surface area contributed by atoms with Gasteiger partial charge >= 0.3 is 0 Å². The van der Waals surface area contributed by atoms with Crippen molar-refractivity contribution in [2.24, 2.45) is 0 Å². The molecular weight excluding hydrogens is 280 g/mol. The maximum atomic E-state index is 11.5. The van der Waals surface area contributed by atoms with Gasteiger partial charge in [0.2, 0.25) is 0 Å². The first kappa shape index (κ1) is 14.0. The van der Waals surface area contributed by atoms with Crippen LogP contribution in [0, 0.1) is 0 Å². The summed E-state index contributed by atoms with van der Waals surface area (Å²) in [6.07, 6.45) is 1.02. The summed E-state index contributed by atoms with van der Waals surface area (Å²) in [5.74, 6) is -0.170. The average Bonchev–Trinajstić information content (AvgIpc) is 2.95. The van der Waals surface area contributed by atoms with Crippen LogP contribution < -0.4 is 4.90 Å². The van der Waals surface area contributed by atoms with E-state index in [9.17, 15) is 4.79 Å². The Morgan fingerprint density at radius 3 is 2.63 bits per heavy atom. The predicted octanol–water partition coefficient (Wildman–Crippen LogP) is 3.89. The summed E-state index contributed by atoms with van der Waals surface area (Å²) < 4.78 is 0. The first-order valence-corrected chi connectivity index (χ1v) is 7.44. The zero-order valence-electron chi connectivity index (χ0n) is 10.9. The van der Waals surface area contributed by atoms with Crippen molar-refractivity contribution >= 4 is 39.5 Å². The molecule has 3 nitrogen and oxygen atoms in total. The number of thiazole rings is 1. The molecule has 1 heterocycles. The van der Waals surface area contributed by atoms with Gasteiger partial charge in [0, 0.05) is 18.1 Å². The fraction of sp³-hybridized carbons (Fsp3) is 0.286. The number of anilines is 2. The topological polar surface area (TPSA) is 33.2 Å². The van der Waals surface area contributed by atoms with E-state index in [4.69, 9.17) is 11.6 Å². The van der Waals surface area contributed by atoms with E-state index < -0.39 is 0 Å². The number of aromatic nitrogens is 1. The third-order valence-corrected chi connectivity index (χ3v) is 4.08. The normalized spacial score (nSPS) is 10.5. The second kappa shape index (κ2) is 6.17. The summed E-state index contributed by atoms with van der Waals surface area (Å²) in [6.45, 7) is 2.13. The summed E-state index contributed by atoms with van der Waals surface area (Å²) >= 11 is 6.97. The summed E-state index contributed by atoms with van der Waals surface area (Å²) in [5.41, 5.74) is 2.79. The molecule has 0 saturated carbocycles. The van der Waals surface area contributed by atoms with E-state index in [0.717, 1.165) is 17.2 Å². The average molecular weight is 295 g/mol. The minimum absolute atomic E-state index is 0.0297. The molecule has 5 heteroatoms. The monoisotopic (exact) mass is 294 g/mol. The zero-order chi connectivity index (χ0) is 13.8. The number of hydrogen-bond acceptors (Lipinski definition) is 4. The number of carbonyl (C=O) groups is 1. The van der Waals surface area contributed by atoms with Crippen LogP contribution in [0.2, 0.25) is 0 Å². The number of benzene rings is 1. The smallest absolute Gasteiger partial charge is 0.196 e.